The summed E-state index contributed by atoms with van der Waals surface area (Å²) < 4.78 is 30.3. The molecule has 0 saturated heterocycles. The number of esters is 1. The molecule has 0 saturated carbocycles. The van der Waals surface area contributed by atoms with Crippen molar-refractivity contribution in [2.75, 3.05) is 40.9 Å². The normalized spacial score (nSPS) is 13.8. The van der Waals surface area contributed by atoms with Crippen molar-refractivity contribution in [1.82, 2.24) is 5.32 Å². The summed E-state index contributed by atoms with van der Waals surface area (Å²) in [4.78, 5) is 39.9. The highest BCUT2D eigenvalue weighted by molar-refractivity contribution is 7.45. The van der Waals surface area contributed by atoms with Crippen LogP contribution in [0, 0.1) is 0 Å². The van der Waals surface area contributed by atoms with Gasteiger partial charge in [0.2, 0.25) is 5.91 Å². The number of allylic oxidation sites excluding steroid dienone is 3. The summed E-state index contributed by atoms with van der Waals surface area (Å²) in [5, 5.41) is 3.03. The molecule has 1 amide bonds. The van der Waals surface area contributed by atoms with Crippen molar-refractivity contribution in [2.45, 2.75) is 315 Å². The largest absolute Gasteiger partial charge is 0.756 e. The number of nitrogens with one attached hydrogen (secondary N) is 1. The Kier molecular flexibility index (Phi) is 50.8. The van der Waals surface area contributed by atoms with Gasteiger partial charge in [-0.15, -0.1) is 0 Å². The van der Waals surface area contributed by atoms with Gasteiger partial charge in [-0.2, -0.15) is 0 Å². The van der Waals surface area contributed by atoms with Crippen LogP contribution >= 0.6 is 7.82 Å². The fraction of sp³-hybridized carbons (Fsp3) is 0.902. The van der Waals surface area contributed by atoms with E-state index in [1.54, 1.807) is 0 Å². The van der Waals surface area contributed by atoms with E-state index in [1.165, 1.54) is 212 Å². The first-order valence-corrected chi connectivity index (χ1v) is 32.1. The van der Waals surface area contributed by atoms with Crippen LogP contribution in [0.15, 0.2) is 24.3 Å². The number of phosphoric acid groups is 1. The molecule has 0 fully saturated rings. The lowest BCUT2D eigenvalue weighted by Gasteiger charge is -2.30. The minimum atomic E-state index is -4.69. The highest BCUT2D eigenvalue weighted by Gasteiger charge is 2.27. The number of unbranched alkanes of at least 4 members (excludes halogenated alkanes) is 38. The zero-order valence-electron chi connectivity index (χ0n) is 48.0. The van der Waals surface area contributed by atoms with E-state index in [9.17, 15) is 19.0 Å². The van der Waals surface area contributed by atoms with Crippen LogP contribution in [-0.2, 0) is 27.9 Å². The number of quaternary nitrogens is 1. The molecule has 71 heavy (non-hydrogen) atoms. The maximum Gasteiger partial charge on any atom is 0.306 e. The van der Waals surface area contributed by atoms with Crippen LogP contribution in [-0.4, -0.2) is 69.4 Å². The van der Waals surface area contributed by atoms with Crippen molar-refractivity contribution < 1.29 is 37.3 Å². The predicted octanol–water partition coefficient (Wildman–Crippen LogP) is 17.9. The molecule has 0 aliphatic heterocycles. The Morgan fingerprint density at radius 3 is 1.20 bits per heavy atom. The molecule has 0 rings (SSSR count). The fourth-order valence-corrected chi connectivity index (χ4v) is 9.83. The molecule has 0 spiro atoms. The van der Waals surface area contributed by atoms with Gasteiger partial charge in [-0.3, -0.25) is 14.2 Å². The lowest BCUT2D eigenvalue weighted by Crippen LogP contribution is -2.47. The van der Waals surface area contributed by atoms with Gasteiger partial charge in [-0.1, -0.05) is 257 Å². The van der Waals surface area contributed by atoms with E-state index in [1.807, 2.05) is 33.3 Å². The van der Waals surface area contributed by atoms with Crippen molar-refractivity contribution in [1.29, 1.82) is 0 Å². The molecule has 0 aromatic rings. The molecule has 0 aromatic heterocycles. The Labute approximate surface area is 441 Å². The van der Waals surface area contributed by atoms with Gasteiger partial charge in [0.15, 0.2) is 0 Å². The van der Waals surface area contributed by atoms with Crippen molar-refractivity contribution in [2.24, 2.45) is 0 Å². The fourth-order valence-electron chi connectivity index (χ4n) is 9.11. The Morgan fingerprint density at radius 1 is 0.479 bits per heavy atom. The Bertz CT molecular complexity index is 1270. The number of phosphoric ester groups is 1. The molecule has 420 valence electrons. The number of hydrogen-bond acceptors (Lipinski definition) is 7. The van der Waals surface area contributed by atoms with Gasteiger partial charge in [-0.05, 0) is 57.4 Å². The second-order valence-corrected chi connectivity index (χ2v) is 23.6. The number of likely N-dealkylation sites (N-methyl/N-ethyl adjacent to an activating group) is 1. The van der Waals surface area contributed by atoms with E-state index < -0.39 is 20.0 Å². The molecule has 0 bridgehead atoms. The molecular formula is C61H119N2O7P. The molecule has 3 atom stereocenters. The quantitative estimate of drug-likeness (QED) is 0.0212. The summed E-state index contributed by atoms with van der Waals surface area (Å²) in [5.41, 5.74) is 0. The zero-order valence-corrected chi connectivity index (χ0v) is 48.8. The van der Waals surface area contributed by atoms with E-state index in [0.29, 0.717) is 17.4 Å². The van der Waals surface area contributed by atoms with Gasteiger partial charge in [-0.25, -0.2) is 0 Å². The molecule has 10 heteroatoms. The molecule has 0 aliphatic carbocycles. The summed E-state index contributed by atoms with van der Waals surface area (Å²) in [5.74, 6) is -0.528. The van der Waals surface area contributed by atoms with Crippen LogP contribution < -0.4 is 10.2 Å². The standard InChI is InChI=1S/C61H119N2O7P/c1-7-10-13-16-19-22-25-28-29-30-31-32-33-36-38-41-44-47-50-53-60(64)62-58(57-69-71(66,67)68-56-55-63(4,5)6)59(52-49-46-43-40-37-34-26-23-20-17-14-11-8-2)70-61(65)54-51-48-45-42-39-35-27-24-21-18-15-12-9-3/h28-29,49,52,58-59H,7-27,30-48,50-51,53-57H2,1-6H3,(H-,62,64,66,67)/b29-28+,52-49-. The van der Waals surface area contributed by atoms with E-state index in [4.69, 9.17) is 13.8 Å². The Hall–Kier alpha value is -1.51. The number of carbonyl (C=O) groups excluding carboxylic acids is 2. The van der Waals surface area contributed by atoms with Crippen LogP contribution in [0.5, 0.6) is 0 Å². The molecule has 3 unspecified atom stereocenters. The first-order chi connectivity index (χ1) is 34.4. The molecule has 0 aliphatic rings. The second kappa shape index (κ2) is 52.0. The molecular weight excluding hydrogens is 904 g/mol. The average Bonchev–Trinajstić information content (AvgIpc) is 3.33. The molecule has 1 N–H and O–H groups in total. The second-order valence-electron chi connectivity index (χ2n) is 22.2. The molecule has 0 heterocycles. The van der Waals surface area contributed by atoms with E-state index >= 15 is 0 Å². The summed E-state index contributed by atoms with van der Waals surface area (Å²) in [6.45, 7) is 6.87. The van der Waals surface area contributed by atoms with Gasteiger partial charge in [0.05, 0.1) is 33.8 Å². The maximum absolute atomic E-state index is 13.5. The number of carbonyl (C=O) groups is 2. The molecule has 0 aromatic carbocycles. The summed E-state index contributed by atoms with van der Waals surface area (Å²) in [7, 11) is 1.20. The van der Waals surface area contributed by atoms with Gasteiger partial charge in [0.1, 0.15) is 19.3 Å². The summed E-state index contributed by atoms with van der Waals surface area (Å²) in [6, 6.07) is -0.883. The Morgan fingerprint density at radius 2 is 0.817 bits per heavy atom. The first kappa shape index (κ1) is 69.5. The van der Waals surface area contributed by atoms with E-state index in [-0.39, 0.29) is 31.5 Å². The van der Waals surface area contributed by atoms with Crippen LogP contribution in [0.25, 0.3) is 0 Å². The lowest BCUT2D eigenvalue weighted by molar-refractivity contribution is -0.870. The zero-order chi connectivity index (χ0) is 52.2. The number of rotatable bonds is 56. The minimum Gasteiger partial charge on any atom is -0.756 e. The van der Waals surface area contributed by atoms with Gasteiger partial charge in [0, 0.05) is 12.8 Å². The van der Waals surface area contributed by atoms with Gasteiger partial charge < -0.3 is 28.5 Å². The molecule has 0 radical (unpaired) electrons. The third kappa shape index (κ3) is 53.1. The minimum absolute atomic E-state index is 0.0191. The van der Waals surface area contributed by atoms with Gasteiger partial charge >= 0.3 is 5.97 Å². The maximum atomic E-state index is 13.5. The van der Waals surface area contributed by atoms with E-state index in [2.05, 4.69) is 38.2 Å². The van der Waals surface area contributed by atoms with Crippen LogP contribution in [0.3, 0.4) is 0 Å². The van der Waals surface area contributed by atoms with Crippen molar-refractivity contribution >= 4 is 19.7 Å². The van der Waals surface area contributed by atoms with Crippen LogP contribution in [0.4, 0.5) is 0 Å². The summed E-state index contributed by atoms with van der Waals surface area (Å²) in [6.07, 6.45) is 59.9. The number of amides is 1. The smallest absolute Gasteiger partial charge is 0.306 e. The first-order valence-electron chi connectivity index (χ1n) is 30.6. The van der Waals surface area contributed by atoms with Crippen LogP contribution in [0.2, 0.25) is 0 Å². The van der Waals surface area contributed by atoms with Crippen LogP contribution in [0.1, 0.15) is 303 Å². The number of hydrogen-bond donors (Lipinski definition) is 1. The van der Waals surface area contributed by atoms with Gasteiger partial charge in [0.25, 0.3) is 7.82 Å². The summed E-state index contributed by atoms with van der Waals surface area (Å²) >= 11 is 0. The highest BCUT2D eigenvalue weighted by atomic mass is 31.2. The average molecular weight is 1020 g/mol. The number of ether oxygens (including phenoxy) is 1. The van der Waals surface area contributed by atoms with Crippen molar-refractivity contribution in [3.63, 3.8) is 0 Å². The Balaban J connectivity index is 5.25. The van der Waals surface area contributed by atoms with Crippen molar-refractivity contribution in [3.05, 3.63) is 24.3 Å². The molecule has 9 nitrogen and oxygen atoms in total. The highest BCUT2D eigenvalue weighted by Crippen LogP contribution is 2.38. The number of nitrogens with zero attached hydrogens (tertiary/aromatic N) is 1. The SMILES string of the molecule is CCCCCCCC/C=C/CCCCCCCCCCCC(=O)NC(COP(=O)([O-])OCC[N+](C)(C)C)C(/C=C\CCCCCCCCCCCCC)OC(=O)CCCCCCCCCCCCCCC. The van der Waals surface area contributed by atoms with Crippen molar-refractivity contribution in [3.8, 4) is 0 Å². The third-order valence-electron chi connectivity index (χ3n) is 13.9. The van der Waals surface area contributed by atoms with E-state index in [0.717, 1.165) is 57.8 Å². The predicted molar refractivity (Wildman–Crippen MR) is 303 cm³/mol. The lowest BCUT2D eigenvalue weighted by atomic mass is 10.0. The third-order valence-corrected chi connectivity index (χ3v) is 14.8. The topological polar surface area (TPSA) is 114 Å². The monoisotopic (exact) mass is 1020 g/mol.